The van der Waals surface area contributed by atoms with Crippen molar-refractivity contribution < 1.29 is 9.18 Å². The molecule has 2 aromatic heterocycles. The standard InChI is InChI=1S/C33H34FN5O/c1-4-22(3)26-8-6-5-7-23(26)13-15-35-33(40)30-18-31(24-9-10-24)39-32(36-30)19-29(37-39)27-12-11-25(17-28(27)34)38-16-14-21(2)20-38/h4-8,11-12,17-19,24H,2,9-10,13-16,20H2,1,3H3,(H,35,40)/b22-4-. The van der Waals surface area contributed by atoms with E-state index in [1.54, 1.807) is 22.7 Å². The van der Waals surface area contributed by atoms with Crippen molar-refractivity contribution in [1.82, 2.24) is 19.9 Å². The van der Waals surface area contributed by atoms with Crippen molar-refractivity contribution in [2.75, 3.05) is 24.5 Å². The van der Waals surface area contributed by atoms with Gasteiger partial charge >= 0.3 is 0 Å². The quantitative estimate of drug-likeness (QED) is 0.259. The molecule has 1 N–H and O–H groups in total. The van der Waals surface area contributed by atoms with Crippen LogP contribution < -0.4 is 10.2 Å². The van der Waals surface area contributed by atoms with Crippen LogP contribution in [0.15, 0.2) is 72.8 Å². The van der Waals surface area contributed by atoms with Crippen LogP contribution in [0.5, 0.6) is 0 Å². The van der Waals surface area contributed by atoms with Crippen LogP contribution in [0, 0.1) is 5.82 Å². The number of nitrogens with one attached hydrogen (secondary N) is 1. The van der Waals surface area contributed by atoms with Crippen LogP contribution in [0.2, 0.25) is 0 Å². The molecule has 0 atom stereocenters. The number of aromatic nitrogens is 3. The second kappa shape index (κ2) is 10.7. The lowest BCUT2D eigenvalue weighted by atomic mass is 9.98. The molecule has 1 saturated heterocycles. The molecular formula is C33H34FN5O. The Morgan fingerprint density at radius 1 is 1.18 bits per heavy atom. The molecule has 6 rings (SSSR count). The van der Waals surface area contributed by atoms with Gasteiger partial charge in [-0.1, -0.05) is 42.5 Å². The average Bonchev–Trinajstić information content (AvgIpc) is 3.57. The zero-order valence-corrected chi connectivity index (χ0v) is 23.1. The van der Waals surface area contributed by atoms with Crippen LogP contribution in [0.1, 0.15) is 66.3 Å². The van der Waals surface area contributed by atoms with Crippen LogP contribution >= 0.6 is 0 Å². The first-order valence-corrected chi connectivity index (χ1v) is 14.0. The maximum Gasteiger partial charge on any atom is 0.270 e. The van der Waals surface area contributed by atoms with Gasteiger partial charge in [0.25, 0.3) is 5.91 Å². The highest BCUT2D eigenvalue weighted by Gasteiger charge is 2.29. The number of carbonyl (C=O) groups is 1. The molecule has 7 heteroatoms. The molecule has 0 unspecified atom stereocenters. The molecule has 1 aliphatic carbocycles. The summed E-state index contributed by atoms with van der Waals surface area (Å²) in [4.78, 5) is 20.0. The summed E-state index contributed by atoms with van der Waals surface area (Å²) in [5, 5.41) is 7.78. The second-order valence-electron chi connectivity index (χ2n) is 10.9. The fourth-order valence-electron chi connectivity index (χ4n) is 5.45. The van der Waals surface area contributed by atoms with Crippen LogP contribution in [0.4, 0.5) is 10.1 Å². The predicted octanol–water partition coefficient (Wildman–Crippen LogP) is 6.57. The summed E-state index contributed by atoms with van der Waals surface area (Å²) >= 11 is 0. The van der Waals surface area contributed by atoms with Crippen molar-refractivity contribution in [2.45, 2.75) is 45.4 Å². The molecule has 2 fully saturated rings. The number of fused-ring (bicyclic) bond motifs is 1. The first-order valence-electron chi connectivity index (χ1n) is 14.0. The summed E-state index contributed by atoms with van der Waals surface area (Å²) in [6.07, 6.45) is 5.84. The largest absolute Gasteiger partial charge is 0.367 e. The summed E-state index contributed by atoms with van der Waals surface area (Å²) < 4.78 is 17.1. The Hall–Kier alpha value is -4.26. The molecule has 1 amide bonds. The lowest BCUT2D eigenvalue weighted by molar-refractivity contribution is 0.0949. The van der Waals surface area contributed by atoms with Crippen molar-refractivity contribution >= 4 is 22.8 Å². The van der Waals surface area contributed by atoms with E-state index in [1.807, 2.05) is 31.2 Å². The monoisotopic (exact) mass is 535 g/mol. The third-order valence-electron chi connectivity index (χ3n) is 7.98. The molecular weight excluding hydrogens is 501 g/mol. The van der Waals surface area contributed by atoms with Crippen LogP contribution in [-0.2, 0) is 6.42 Å². The molecule has 0 bridgehead atoms. The van der Waals surface area contributed by atoms with Gasteiger partial charge in [0, 0.05) is 48.6 Å². The minimum absolute atomic E-state index is 0.213. The van der Waals surface area contributed by atoms with Gasteiger partial charge in [0.05, 0.1) is 5.69 Å². The van der Waals surface area contributed by atoms with Gasteiger partial charge in [-0.05, 0) is 80.5 Å². The van der Waals surface area contributed by atoms with Crippen molar-refractivity contribution in [3.8, 4) is 11.3 Å². The minimum atomic E-state index is -0.321. The number of carbonyl (C=O) groups excluding carboxylic acids is 1. The van der Waals surface area contributed by atoms with Crippen LogP contribution in [-0.4, -0.2) is 40.1 Å². The molecule has 0 spiro atoms. The molecule has 6 nitrogen and oxygen atoms in total. The lowest BCUT2D eigenvalue weighted by Crippen LogP contribution is -2.27. The van der Waals surface area contributed by atoms with E-state index in [2.05, 4.69) is 46.9 Å². The normalized spacial score (nSPS) is 15.7. The van der Waals surface area contributed by atoms with E-state index in [4.69, 9.17) is 5.10 Å². The predicted molar refractivity (Wildman–Crippen MR) is 158 cm³/mol. The van der Waals surface area contributed by atoms with E-state index in [0.717, 1.165) is 55.7 Å². The molecule has 0 radical (unpaired) electrons. The summed E-state index contributed by atoms with van der Waals surface area (Å²) in [5.74, 6) is -0.205. The number of amides is 1. The highest BCUT2D eigenvalue weighted by molar-refractivity contribution is 5.93. The zero-order valence-electron chi connectivity index (χ0n) is 23.1. The number of halogens is 1. The van der Waals surface area contributed by atoms with Gasteiger partial charge < -0.3 is 10.2 Å². The van der Waals surface area contributed by atoms with Gasteiger partial charge in [-0.15, -0.1) is 0 Å². The molecule has 204 valence electrons. The number of benzene rings is 2. The van der Waals surface area contributed by atoms with Crippen LogP contribution in [0.3, 0.4) is 0 Å². The molecule has 4 aromatic rings. The molecule has 1 saturated carbocycles. The second-order valence-corrected chi connectivity index (χ2v) is 10.9. The lowest BCUT2D eigenvalue weighted by Gasteiger charge is -2.17. The number of rotatable bonds is 8. The Kier molecular flexibility index (Phi) is 6.96. The van der Waals surface area contributed by atoms with E-state index in [-0.39, 0.29) is 11.7 Å². The Balaban J connectivity index is 1.23. The van der Waals surface area contributed by atoms with Crippen molar-refractivity contribution in [2.24, 2.45) is 0 Å². The first-order chi connectivity index (χ1) is 19.4. The van der Waals surface area contributed by atoms with Crippen LogP contribution in [0.25, 0.3) is 22.5 Å². The van der Waals surface area contributed by atoms with Crippen molar-refractivity contribution in [1.29, 1.82) is 0 Å². The maximum absolute atomic E-state index is 15.3. The van der Waals surface area contributed by atoms with Gasteiger partial charge in [-0.2, -0.15) is 5.10 Å². The van der Waals surface area contributed by atoms with E-state index >= 15 is 4.39 Å². The van der Waals surface area contributed by atoms with Gasteiger partial charge in [0.15, 0.2) is 5.65 Å². The molecule has 40 heavy (non-hydrogen) atoms. The third kappa shape index (κ3) is 5.16. The van der Waals surface area contributed by atoms with Gasteiger partial charge in [0.1, 0.15) is 11.5 Å². The van der Waals surface area contributed by atoms with Crippen molar-refractivity contribution in [3.05, 3.63) is 101 Å². The Bertz CT molecular complexity index is 1650. The number of allylic oxidation sites excluding steroid dienone is 2. The highest BCUT2D eigenvalue weighted by Crippen LogP contribution is 2.40. The molecule has 3 heterocycles. The smallest absolute Gasteiger partial charge is 0.270 e. The van der Waals surface area contributed by atoms with E-state index < -0.39 is 0 Å². The number of hydrogen-bond acceptors (Lipinski definition) is 4. The summed E-state index contributed by atoms with van der Waals surface area (Å²) in [5.41, 5.74) is 8.43. The molecule has 2 aliphatic rings. The Morgan fingerprint density at radius 3 is 2.73 bits per heavy atom. The minimum Gasteiger partial charge on any atom is -0.367 e. The van der Waals surface area contributed by atoms with Gasteiger partial charge in [0.2, 0.25) is 0 Å². The summed E-state index contributed by atoms with van der Waals surface area (Å²) in [6, 6.07) is 17.2. The van der Waals surface area contributed by atoms with E-state index in [1.165, 1.54) is 16.7 Å². The molecule has 1 aliphatic heterocycles. The summed E-state index contributed by atoms with van der Waals surface area (Å²) in [6.45, 7) is 10.3. The topological polar surface area (TPSA) is 62.5 Å². The SMILES string of the molecule is C=C1CCN(c2ccc(-c3cc4nc(C(=O)NCCc5ccccc5/C(C)=C\C)cc(C5CC5)n4n3)c(F)c2)C1. The van der Waals surface area contributed by atoms with Gasteiger partial charge in [-0.25, -0.2) is 13.9 Å². The number of anilines is 1. The maximum atomic E-state index is 15.3. The first kappa shape index (κ1) is 26.0. The third-order valence-corrected chi connectivity index (χ3v) is 7.98. The number of nitrogens with zero attached hydrogens (tertiary/aromatic N) is 4. The fourth-order valence-corrected chi connectivity index (χ4v) is 5.45. The number of hydrogen-bond donors (Lipinski definition) is 1. The van der Waals surface area contributed by atoms with E-state index in [9.17, 15) is 4.79 Å². The van der Waals surface area contributed by atoms with E-state index in [0.29, 0.717) is 35.1 Å². The van der Waals surface area contributed by atoms with Crippen molar-refractivity contribution in [3.63, 3.8) is 0 Å². The summed E-state index contributed by atoms with van der Waals surface area (Å²) in [7, 11) is 0. The fraction of sp³-hybridized carbons (Fsp3) is 0.303. The zero-order chi connectivity index (χ0) is 27.8. The molecule has 2 aromatic carbocycles. The average molecular weight is 536 g/mol. The highest BCUT2D eigenvalue weighted by atomic mass is 19.1. The Morgan fingerprint density at radius 2 is 2.00 bits per heavy atom. The Labute approximate surface area is 234 Å². The van der Waals surface area contributed by atoms with Gasteiger partial charge in [-0.3, -0.25) is 4.79 Å².